The summed E-state index contributed by atoms with van der Waals surface area (Å²) in [5, 5.41) is 0. The zero-order chi connectivity index (χ0) is 12.3. The maximum absolute atomic E-state index is 13.9. The van der Waals surface area contributed by atoms with Crippen molar-refractivity contribution in [3.05, 3.63) is 35.1 Å². The summed E-state index contributed by atoms with van der Waals surface area (Å²) in [4.78, 5) is 0. The first-order chi connectivity index (χ1) is 8.22. The van der Waals surface area contributed by atoms with Crippen molar-refractivity contribution in [2.45, 2.75) is 37.7 Å². The zero-order valence-electron chi connectivity index (χ0n) is 10.3. The summed E-state index contributed by atoms with van der Waals surface area (Å²) >= 11 is 0. The van der Waals surface area contributed by atoms with Crippen molar-refractivity contribution in [1.29, 1.82) is 0 Å². The lowest BCUT2D eigenvalue weighted by Crippen LogP contribution is -2.32. The van der Waals surface area contributed by atoms with Crippen LogP contribution in [0.15, 0.2) is 18.2 Å². The van der Waals surface area contributed by atoms with Gasteiger partial charge in [0.05, 0.1) is 6.61 Å². The van der Waals surface area contributed by atoms with Crippen LogP contribution >= 0.6 is 0 Å². The third-order valence-corrected chi connectivity index (χ3v) is 3.92. The molecule has 17 heavy (non-hydrogen) atoms. The lowest BCUT2D eigenvalue weighted by atomic mass is 9.79. The molecule has 1 aliphatic rings. The monoisotopic (exact) mass is 237 g/mol. The molecule has 1 aromatic rings. The maximum atomic E-state index is 13.9. The highest BCUT2D eigenvalue weighted by Crippen LogP contribution is 2.40. The molecule has 1 fully saturated rings. The number of methoxy groups -OCH3 is 1. The fourth-order valence-corrected chi connectivity index (χ4v) is 2.81. The quantitative estimate of drug-likeness (QED) is 0.874. The van der Waals surface area contributed by atoms with Gasteiger partial charge in [0.15, 0.2) is 0 Å². The first-order valence-electron chi connectivity index (χ1n) is 6.20. The molecule has 1 aromatic carbocycles. The van der Waals surface area contributed by atoms with Crippen LogP contribution in [-0.2, 0) is 16.8 Å². The second-order valence-electron chi connectivity index (χ2n) is 4.93. The number of hydrogen-bond acceptors (Lipinski definition) is 2. The summed E-state index contributed by atoms with van der Waals surface area (Å²) in [7, 11) is 1.58. The molecule has 0 aliphatic heterocycles. The van der Waals surface area contributed by atoms with E-state index in [1.54, 1.807) is 13.2 Å². The summed E-state index contributed by atoms with van der Waals surface area (Å²) in [5.74, 6) is -0.177. The minimum Gasteiger partial charge on any atom is -0.380 e. The van der Waals surface area contributed by atoms with Gasteiger partial charge in [-0.05, 0) is 24.5 Å². The SMILES string of the molecule is COCc1ccc(C2(CN)CCCC2)cc1F. The van der Waals surface area contributed by atoms with Gasteiger partial charge in [0, 0.05) is 24.6 Å². The van der Waals surface area contributed by atoms with Crippen molar-refractivity contribution in [2.75, 3.05) is 13.7 Å². The van der Waals surface area contributed by atoms with Crippen molar-refractivity contribution in [2.24, 2.45) is 5.73 Å². The van der Waals surface area contributed by atoms with Crippen LogP contribution in [0.2, 0.25) is 0 Å². The molecule has 2 N–H and O–H groups in total. The molecule has 0 aromatic heterocycles. The van der Waals surface area contributed by atoms with Crippen LogP contribution < -0.4 is 5.73 Å². The number of hydrogen-bond donors (Lipinski definition) is 1. The van der Waals surface area contributed by atoms with Crippen molar-refractivity contribution < 1.29 is 9.13 Å². The molecule has 2 rings (SSSR count). The molecule has 94 valence electrons. The Hall–Kier alpha value is -0.930. The lowest BCUT2D eigenvalue weighted by Gasteiger charge is -2.28. The summed E-state index contributed by atoms with van der Waals surface area (Å²) in [6.07, 6.45) is 4.54. The Morgan fingerprint density at radius 3 is 2.59 bits per heavy atom. The smallest absolute Gasteiger partial charge is 0.129 e. The molecular weight excluding hydrogens is 217 g/mol. The van der Waals surface area contributed by atoms with Crippen LogP contribution in [0.25, 0.3) is 0 Å². The highest BCUT2D eigenvalue weighted by Gasteiger charge is 2.34. The Kier molecular flexibility index (Phi) is 3.79. The molecule has 0 amide bonds. The van der Waals surface area contributed by atoms with Gasteiger partial charge >= 0.3 is 0 Å². The topological polar surface area (TPSA) is 35.2 Å². The fourth-order valence-electron chi connectivity index (χ4n) is 2.81. The predicted molar refractivity (Wildman–Crippen MR) is 66.3 cm³/mol. The average Bonchev–Trinajstić information content (AvgIpc) is 2.82. The van der Waals surface area contributed by atoms with Gasteiger partial charge in [-0.25, -0.2) is 4.39 Å². The third kappa shape index (κ3) is 2.35. The van der Waals surface area contributed by atoms with Crippen LogP contribution in [0, 0.1) is 5.82 Å². The first-order valence-corrected chi connectivity index (χ1v) is 6.20. The van der Waals surface area contributed by atoms with Crippen molar-refractivity contribution in [1.82, 2.24) is 0 Å². The number of benzene rings is 1. The van der Waals surface area contributed by atoms with E-state index in [2.05, 4.69) is 0 Å². The fraction of sp³-hybridized carbons (Fsp3) is 0.571. The number of ether oxygens (including phenoxy) is 1. The van der Waals surface area contributed by atoms with Crippen LogP contribution in [0.4, 0.5) is 4.39 Å². The van der Waals surface area contributed by atoms with Crippen LogP contribution in [0.3, 0.4) is 0 Å². The summed E-state index contributed by atoms with van der Waals surface area (Å²) < 4.78 is 18.8. The second-order valence-corrected chi connectivity index (χ2v) is 4.93. The maximum Gasteiger partial charge on any atom is 0.129 e. The van der Waals surface area contributed by atoms with Gasteiger partial charge in [0.1, 0.15) is 5.82 Å². The minimum atomic E-state index is -0.177. The Morgan fingerprint density at radius 2 is 2.06 bits per heavy atom. The summed E-state index contributed by atoms with van der Waals surface area (Å²) in [5.41, 5.74) is 7.57. The van der Waals surface area contributed by atoms with E-state index in [1.165, 1.54) is 12.8 Å². The van der Waals surface area contributed by atoms with Crippen molar-refractivity contribution in [3.8, 4) is 0 Å². The Balaban J connectivity index is 2.30. The Labute approximate surface area is 102 Å². The van der Waals surface area contributed by atoms with Gasteiger partial charge in [-0.2, -0.15) is 0 Å². The second kappa shape index (κ2) is 5.15. The van der Waals surface area contributed by atoms with Crippen LogP contribution in [0.5, 0.6) is 0 Å². The largest absolute Gasteiger partial charge is 0.380 e. The Morgan fingerprint density at radius 1 is 1.35 bits per heavy atom. The van der Waals surface area contributed by atoms with Gasteiger partial charge in [0.2, 0.25) is 0 Å². The molecule has 0 radical (unpaired) electrons. The first kappa shape index (κ1) is 12.5. The average molecular weight is 237 g/mol. The van der Waals surface area contributed by atoms with Gasteiger partial charge in [-0.1, -0.05) is 25.0 Å². The zero-order valence-corrected chi connectivity index (χ0v) is 10.3. The van der Waals surface area contributed by atoms with Crippen molar-refractivity contribution >= 4 is 0 Å². The molecule has 0 unspecified atom stereocenters. The third-order valence-electron chi connectivity index (χ3n) is 3.92. The Bertz CT molecular complexity index is 386. The van der Waals surface area contributed by atoms with Gasteiger partial charge in [0.25, 0.3) is 0 Å². The molecule has 1 saturated carbocycles. The predicted octanol–water partition coefficient (Wildman–Crippen LogP) is 2.74. The molecule has 0 saturated heterocycles. The minimum absolute atomic E-state index is 0.00639. The van der Waals surface area contributed by atoms with E-state index in [9.17, 15) is 4.39 Å². The molecule has 3 heteroatoms. The van der Waals surface area contributed by atoms with Gasteiger partial charge in [-0.3, -0.25) is 0 Å². The summed E-state index contributed by atoms with van der Waals surface area (Å²) in [6.45, 7) is 0.928. The highest BCUT2D eigenvalue weighted by molar-refractivity contribution is 5.31. The lowest BCUT2D eigenvalue weighted by molar-refractivity contribution is 0.181. The summed E-state index contributed by atoms with van der Waals surface area (Å²) in [6, 6.07) is 5.48. The van der Waals surface area contributed by atoms with E-state index in [1.807, 2.05) is 12.1 Å². The molecule has 2 nitrogen and oxygen atoms in total. The number of nitrogens with two attached hydrogens (primary N) is 1. The van der Waals surface area contributed by atoms with Crippen LogP contribution in [-0.4, -0.2) is 13.7 Å². The van der Waals surface area contributed by atoms with E-state index in [4.69, 9.17) is 10.5 Å². The highest BCUT2D eigenvalue weighted by atomic mass is 19.1. The molecule has 0 heterocycles. The van der Waals surface area contributed by atoms with E-state index in [-0.39, 0.29) is 11.2 Å². The molecular formula is C14H20FNO. The molecule has 0 bridgehead atoms. The van der Waals surface area contributed by atoms with Crippen molar-refractivity contribution in [3.63, 3.8) is 0 Å². The molecule has 0 spiro atoms. The normalized spacial score (nSPS) is 18.5. The molecule has 0 atom stereocenters. The van der Waals surface area contributed by atoms with Crippen LogP contribution in [0.1, 0.15) is 36.8 Å². The van der Waals surface area contributed by atoms with E-state index < -0.39 is 0 Å². The molecule has 1 aliphatic carbocycles. The standard InChI is InChI=1S/C14H20FNO/c1-17-9-11-4-5-12(8-13(11)15)14(10-16)6-2-3-7-14/h4-5,8H,2-3,6-7,9-10,16H2,1H3. The number of halogens is 1. The number of rotatable bonds is 4. The van der Waals surface area contributed by atoms with E-state index in [0.29, 0.717) is 18.7 Å². The van der Waals surface area contributed by atoms with E-state index >= 15 is 0 Å². The van der Waals surface area contributed by atoms with Gasteiger partial charge < -0.3 is 10.5 Å². The van der Waals surface area contributed by atoms with Gasteiger partial charge in [-0.15, -0.1) is 0 Å². The van der Waals surface area contributed by atoms with E-state index in [0.717, 1.165) is 18.4 Å².